The van der Waals surface area contributed by atoms with Crippen LogP contribution in [0.3, 0.4) is 0 Å². The molecular formula is C38H28N4+2. The fourth-order valence-electron chi connectivity index (χ4n) is 5.13. The quantitative estimate of drug-likeness (QED) is 0.203. The summed E-state index contributed by atoms with van der Waals surface area (Å²) in [6.45, 7) is 0. The van der Waals surface area contributed by atoms with Crippen LogP contribution in [0.2, 0.25) is 0 Å². The first-order chi connectivity index (χ1) is 20.8. The summed E-state index contributed by atoms with van der Waals surface area (Å²) in [7, 11) is 0. The molecule has 1 aromatic heterocycles. The first-order valence-corrected chi connectivity index (χ1v) is 14.0. The lowest BCUT2D eigenvalue weighted by molar-refractivity contribution is -0.796. The van der Waals surface area contributed by atoms with Gasteiger partial charge in [-0.2, -0.15) is 0 Å². The number of hydrogen-bond donors (Lipinski definition) is 0. The van der Waals surface area contributed by atoms with Crippen LogP contribution in [0.1, 0.15) is 0 Å². The van der Waals surface area contributed by atoms with Crippen LogP contribution < -0.4 is 9.36 Å². The molecule has 0 amide bonds. The van der Waals surface area contributed by atoms with E-state index in [9.17, 15) is 0 Å². The summed E-state index contributed by atoms with van der Waals surface area (Å²) < 4.78 is 3.83. The van der Waals surface area contributed by atoms with Crippen LogP contribution in [0, 0.1) is 0 Å². The van der Waals surface area contributed by atoms with Gasteiger partial charge in [0.2, 0.25) is 11.4 Å². The summed E-state index contributed by atoms with van der Waals surface area (Å²) in [4.78, 5) is 0. The Kier molecular flexibility index (Phi) is 6.85. The maximum atomic E-state index is 5.03. The Hall–Kier alpha value is -5.74. The number of benzene rings is 6. The van der Waals surface area contributed by atoms with Crippen LogP contribution in [-0.2, 0) is 0 Å². The van der Waals surface area contributed by atoms with Crippen LogP contribution in [0.15, 0.2) is 170 Å². The molecule has 4 heteroatoms. The van der Waals surface area contributed by atoms with Crippen molar-refractivity contribution in [1.29, 1.82) is 0 Å². The van der Waals surface area contributed by atoms with Crippen molar-refractivity contribution in [2.24, 2.45) is 0 Å². The van der Waals surface area contributed by atoms with Crippen LogP contribution in [0.5, 0.6) is 0 Å². The molecule has 4 nitrogen and oxygen atoms in total. The van der Waals surface area contributed by atoms with Crippen LogP contribution in [-0.4, -0.2) is 10.2 Å². The first-order valence-electron chi connectivity index (χ1n) is 14.0. The molecule has 0 spiro atoms. The number of nitrogens with zero attached hydrogens (tertiary/aromatic N) is 4. The van der Waals surface area contributed by atoms with Gasteiger partial charge in [0.25, 0.3) is 5.82 Å². The predicted octanol–water partition coefficient (Wildman–Crippen LogP) is 7.70. The molecule has 7 rings (SSSR count). The van der Waals surface area contributed by atoms with Crippen molar-refractivity contribution in [2.45, 2.75) is 0 Å². The van der Waals surface area contributed by atoms with Crippen LogP contribution in [0.4, 0.5) is 0 Å². The Balaban J connectivity index is 1.38. The van der Waals surface area contributed by atoms with E-state index < -0.39 is 0 Å². The number of aromatic nitrogens is 4. The molecule has 0 fully saturated rings. The highest BCUT2D eigenvalue weighted by Crippen LogP contribution is 2.25. The van der Waals surface area contributed by atoms with E-state index in [-0.39, 0.29) is 0 Å². The number of rotatable bonds is 6. The fraction of sp³-hybridized carbons (Fsp3) is 0. The Bertz CT molecular complexity index is 1730. The van der Waals surface area contributed by atoms with Crippen molar-refractivity contribution in [2.75, 3.05) is 0 Å². The van der Waals surface area contributed by atoms with E-state index in [1.165, 1.54) is 0 Å². The van der Waals surface area contributed by atoms with E-state index in [1.54, 1.807) is 0 Å². The molecular weight excluding hydrogens is 512 g/mol. The lowest BCUT2D eigenvalue weighted by atomic mass is 10.0. The average molecular weight is 541 g/mol. The van der Waals surface area contributed by atoms with E-state index in [0.717, 1.165) is 50.3 Å². The third kappa shape index (κ3) is 5.34. The van der Waals surface area contributed by atoms with E-state index >= 15 is 0 Å². The highest BCUT2D eigenvalue weighted by atomic mass is 15.4. The molecule has 198 valence electrons. The minimum Gasteiger partial charge on any atom is -0.0622 e. The minimum atomic E-state index is 0.630. The van der Waals surface area contributed by atoms with Gasteiger partial charge in [-0.05, 0) is 39.4 Å². The monoisotopic (exact) mass is 540 g/mol. The largest absolute Gasteiger partial charge is 0.469 e. The van der Waals surface area contributed by atoms with E-state index in [2.05, 4.69) is 146 Å². The van der Waals surface area contributed by atoms with E-state index in [1.807, 2.05) is 33.9 Å². The Labute approximate surface area is 245 Å². The van der Waals surface area contributed by atoms with Gasteiger partial charge < -0.3 is 0 Å². The first kappa shape index (κ1) is 25.2. The van der Waals surface area contributed by atoms with Crippen LogP contribution >= 0.6 is 0 Å². The Morgan fingerprint density at radius 1 is 0.310 bits per heavy atom. The van der Waals surface area contributed by atoms with Gasteiger partial charge in [0.1, 0.15) is 0 Å². The minimum absolute atomic E-state index is 0.630. The average Bonchev–Trinajstić information content (AvgIpc) is 3.09. The number of hydrogen-bond acceptors (Lipinski definition) is 2. The zero-order chi connectivity index (χ0) is 28.1. The molecule has 0 N–H and O–H groups in total. The van der Waals surface area contributed by atoms with Gasteiger partial charge in [-0.15, -0.1) is 0 Å². The maximum Gasteiger partial charge on any atom is 0.469 e. The zero-order valence-corrected chi connectivity index (χ0v) is 23.0. The molecule has 0 unspecified atom stereocenters. The van der Waals surface area contributed by atoms with Gasteiger partial charge in [0, 0.05) is 49.4 Å². The molecule has 0 saturated heterocycles. The molecule has 0 aliphatic heterocycles. The summed E-state index contributed by atoms with van der Waals surface area (Å²) in [6, 6.07) is 56.5. The topological polar surface area (TPSA) is 33.5 Å². The second-order valence-corrected chi connectivity index (χ2v) is 10.1. The third-order valence-corrected chi connectivity index (χ3v) is 7.29. The van der Waals surface area contributed by atoms with Gasteiger partial charge in [-0.3, -0.25) is 0 Å². The molecule has 6 aromatic carbocycles. The molecule has 42 heavy (non-hydrogen) atoms. The summed E-state index contributed by atoms with van der Waals surface area (Å²) in [5.41, 5.74) is 9.70. The van der Waals surface area contributed by atoms with Crippen molar-refractivity contribution < 1.29 is 9.36 Å². The van der Waals surface area contributed by atoms with Crippen molar-refractivity contribution >= 4 is 0 Å². The summed E-state index contributed by atoms with van der Waals surface area (Å²) in [5.74, 6) is 0.630. The SMILES string of the molecule is c1ccc(-c2cccc(-c3n[n+](-c4cccc(-c5ccccc5)c4)c[n+](-c4cccc(-c5ccccc5)c4)n3)c2)cc1. The molecule has 7 aromatic rings. The second kappa shape index (κ2) is 11.4. The lowest BCUT2D eigenvalue weighted by Crippen LogP contribution is -2.49. The normalized spacial score (nSPS) is 10.9. The van der Waals surface area contributed by atoms with Crippen molar-refractivity contribution in [3.8, 4) is 56.1 Å². The highest BCUT2D eigenvalue weighted by molar-refractivity contribution is 5.70. The molecule has 0 bridgehead atoms. The van der Waals surface area contributed by atoms with Gasteiger partial charge in [-0.1, -0.05) is 133 Å². The van der Waals surface area contributed by atoms with Gasteiger partial charge in [0.15, 0.2) is 0 Å². The third-order valence-electron chi connectivity index (χ3n) is 7.29. The molecule has 1 heterocycles. The van der Waals surface area contributed by atoms with Gasteiger partial charge in [0.05, 0.1) is 0 Å². The summed E-state index contributed by atoms with van der Waals surface area (Å²) >= 11 is 0. The fourth-order valence-corrected chi connectivity index (χ4v) is 5.13. The molecule has 0 atom stereocenters. The molecule has 0 radical (unpaired) electrons. The van der Waals surface area contributed by atoms with E-state index in [4.69, 9.17) is 10.2 Å². The van der Waals surface area contributed by atoms with Crippen molar-refractivity contribution in [3.05, 3.63) is 170 Å². The summed E-state index contributed by atoms with van der Waals surface area (Å²) in [6.07, 6.45) is 1.94. The molecule has 0 aliphatic rings. The van der Waals surface area contributed by atoms with E-state index in [0.29, 0.717) is 5.82 Å². The molecule has 0 aliphatic carbocycles. The maximum absolute atomic E-state index is 5.03. The lowest BCUT2D eigenvalue weighted by Gasteiger charge is -2.05. The predicted molar refractivity (Wildman–Crippen MR) is 167 cm³/mol. The standard InChI is InChI=1S/C38H28N4/c1-4-13-29(14-5-1)32-19-10-22-35(25-32)38-39-41(36-23-11-20-33(26-36)30-15-6-2-7-16-30)28-42(40-38)37-24-12-21-34(27-37)31-17-8-3-9-18-31/h1-28H/q+2. The van der Waals surface area contributed by atoms with Crippen molar-refractivity contribution in [3.63, 3.8) is 0 Å². The van der Waals surface area contributed by atoms with Gasteiger partial charge in [-0.25, -0.2) is 0 Å². The van der Waals surface area contributed by atoms with Crippen molar-refractivity contribution in [1.82, 2.24) is 10.2 Å². The molecule has 0 saturated carbocycles. The highest BCUT2D eigenvalue weighted by Gasteiger charge is 2.24. The summed E-state index contributed by atoms with van der Waals surface area (Å²) in [5, 5.41) is 10.1. The van der Waals surface area contributed by atoms with Gasteiger partial charge >= 0.3 is 6.33 Å². The van der Waals surface area contributed by atoms with Crippen LogP contribution in [0.25, 0.3) is 56.1 Å². The second-order valence-electron chi connectivity index (χ2n) is 10.1. The Morgan fingerprint density at radius 2 is 0.667 bits per heavy atom. The smallest absolute Gasteiger partial charge is 0.0622 e. The Morgan fingerprint density at radius 3 is 1.12 bits per heavy atom. The zero-order valence-electron chi connectivity index (χ0n) is 23.0.